The van der Waals surface area contributed by atoms with Crippen molar-refractivity contribution in [2.24, 2.45) is 4.99 Å². The maximum absolute atomic E-state index is 14.5. The Labute approximate surface area is 153 Å². The van der Waals surface area contributed by atoms with Crippen LogP contribution in [0.3, 0.4) is 0 Å². The van der Waals surface area contributed by atoms with E-state index in [1.165, 1.54) is 18.2 Å². The van der Waals surface area contributed by atoms with Crippen LogP contribution in [0.4, 0.5) is 34.6 Å². The number of nitrogens with two attached hydrogens (primary N) is 1. The molecular formula is C18H17F4N3O2. The van der Waals surface area contributed by atoms with E-state index in [0.29, 0.717) is 23.3 Å². The van der Waals surface area contributed by atoms with Crippen LogP contribution in [0.25, 0.3) is 0 Å². The van der Waals surface area contributed by atoms with Crippen molar-refractivity contribution in [3.8, 4) is 5.75 Å². The number of anilines is 2. The van der Waals surface area contributed by atoms with Crippen molar-refractivity contribution < 1.29 is 27.1 Å². The first-order chi connectivity index (χ1) is 12.6. The minimum absolute atomic E-state index is 0.00129. The van der Waals surface area contributed by atoms with Gasteiger partial charge < -0.3 is 15.4 Å². The lowest BCUT2D eigenvalue weighted by atomic mass is 10.0. The quantitative estimate of drug-likeness (QED) is 0.347. The van der Waals surface area contributed by atoms with E-state index in [9.17, 15) is 22.4 Å². The Bertz CT molecular complexity index is 853. The molecule has 0 spiro atoms. The van der Waals surface area contributed by atoms with Gasteiger partial charge in [0.05, 0.1) is 23.6 Å². The number of benzene rings is 2. The summed E-state index contributed by atoms with van der Waals surface area (Å²) in [6.07, 6.45) is -3.47. The Kier molecular flexibility index (Phi) is 6.04. The van der Waals surface area contributed by atoms with Crippen molar-refractivity contribution in [1.82, 2.24) is 0 Å². The van der Waals surface area contributed by atoms with Crippen LogP contribution in [0.2, 0.25) is 0 Å². The van der Waals surface area contributed by atoms with Gasteiger partial charge in [0.15, 0.2) is 17.9 Å². The number of alkyl halides is 3. The second-order valence-electron chi connectivity index (χ2n) is 5.66. The zero-order valence-electron chi connectivity index (χ0n) is 14.5. The lowest BCUT2D eigenvalue weighted by Crippen LogP contribution is -2.24. The van der Waals surface area contributed by atoms with Gasteiger partial charge in [-0.1, -0.05) is 12.1 Å². The summed E-state index contributed by atoms with van der Waals surface area (Å²) in [5.74, 6) is -2.01. The Morgan fingerprint density at radius 1 is 1.26 bits per heavy atom. The standard InChI is InChI=1S/C18H17F4N3O2/c1-11(13-4-3-5-16(17(13)19)27-18(20,21)22)25(2)15-7-6-12(23)10-14(15)24-8-9-26/h3-11H,23H2,1-2H3. The first kappa shape index (κ1) is 20.2. The van der Waals surface area contributed by atoms with Gasteiger partial charge in [-0.05, 0) is 31.2 Å². The number of nitrogens with zero attached hydrogens (tertiary/aromatic N) is 2. The molecule has 0 aliphatic heterocycles. The molecular weight excluding hydrogens is 366 g/mol. The number of carbonyl (C=O) groups excluding carboxylic acids is 1. The van der Waals surface area contributed by atoms with Gasteiger partial charge in [0, 0.05) is 18.3 Å². The summed E-state index contributed by atoms with van der Waals surface area (Å²) in [5, 5.41) is 0. The van der Waals surface area contributed by atoms with Gasteiger partial charge >= 0.3 is 6.36 Å². The number of aliphatic imine (C=N–C) groups is 1. The number of hydrogen-bond acceptors (Lipinski definition) is 5. The first-order valence-corrected chi connectivity index (χ1v) is 7.78. The molecule has 144 valence electrons. The van der Waals surface area contributed by atoms with Crippen molar-refractivity contribution in [3.63, 3.8) is 0 Å². The number of hydrogen-bond donors (Lipinski definition) is 1. The Morgan fingerprint density at radius 3 is 2.59 bits per heavy atom. The number of carbonyl (C=O) groups is 1. The van der Waals surface area contributed by atoms with Gasteiger partial charge in [-0.25, -0.2) is 4.39 Å². The molecule has 27 heavy (non-hydrogen) atoms. The van der Waals surface area contributed by atoms with E-state index in [1.807, 2.05) is 0 Å². The third-order valence-electron chi connectivity index (χ3n) is 3.90. The molecule has 0 heterocycles. The molecule has 0 radical (unpaired) electrons. The fourth-order valence-corrected chi connectivity index (χ4v) is 2.52. The molecule has 1 atom stereocenters. The predicted molar refractivity (Wildman–Crippen MR) is 95.0 cm³/mol. The number of halogens is 4. The molecule has 0 saturated heterocycles. The first-order valence-electron chi connectivity index (χ1n) is 7.78. The Hall–Kier alpha value is -3.10. The van der Waals surface area contributed by atoms with E-state index < -0.39 is 24.0 Å². The normalized spacial score (nSPS) is 12.8. The minimum atomic E-state index is -5.00. The number of aldehydes is 1. The summed E-state index contributed by atoms with van der Waals surface area (Å²) in [6, 6.07) is 7.62. The van der Waals surface area contributed by atoms with Gasteiger partial charge in [0.25, 0.3) is 0 Å². The minimum Gasteiger partial charge on any atom is -0.403 e. The molecule has 2 aromatic carbocycles. The third kappa shape index (κ3) is 4.96. The van der Waals surface area contributed by atoms with Crippen molar-refractivity contribution in [3.05, 3.63) is 47.8 Å². The Morgan fingerprint density at radius 2 is 1.96 bits per heavy atom. The van der Waals surface area contributed by atoms with E-state index in [4.69, 9.17) is 5.73 Å². The monoisotopic (exact) mass is 383 g/mol. The molecule has 0 bridgehead atoms. The van der Waals surface area contributed by atoms with Crippen LogP contribution in [-0.2, 0) is 4.79 Å². The van der Waals surface area contributed by atoms with Crippen LogP contribution >= 0.6 is 0 Å². The van der Waals surface area contributed by atoms with Crippen molar-refractivity contribution in [1.29, 1.82) is 0 Å². The maximum atomic E-state index is 14.5. The fraction of sp³-hybridized carbons (Fsp3) is 0.222. The number of nitrogen functional groups attached to an aromatic ring is 1. The molecule has 5 nitrogen and oxygen atoms in total. The zero-order valence-corrected chi connectivity index (χ0v) is 14.5. The summed E-state index contributed by atoms with van der Waals surface area (Å²) < 4.78 is 55.6. The molecule has 2 rings (SSSR count). The molecule has 0 aromatic heterocycles. The summed E-state index contributed by atoms with van der Waals surface area (Å²) >= 11 is 0. The third-order valence-corrected chi connectivity index (χ3v) is 3.90. The van der Waals surface area contributed by atoms with Gasteiger partial charge in [-0.15, -0.1) is 13.2 Å². The van der Waals surface area contributed by atoms with E-state index >= 15 is 0 Å². The van der Waals surface area contributed by atoms with Gasteiger partial charge in [-0.3, -0.25) is 9.79 Å². The highest BCUT2D eigenvalue weighted by molar-refractivity contribution is 6.14. The fourth-order valence-electron chi connectivity index (χ4n) is 2.52. The predicted octanol–water partition coefficient (Wildman–Crippen LogP) is 4.41. The Balaban J connectivity index is 2.41. The highest BCUT2D eigenvalue weighted by Gasteiger charge is 2.33. The van der Waals surface area contributed by atoms with E-state index in [2.05, 4.69) is 9.73 Å². The van der Waals surface area contributed by atoms with Crippen molar-refractivity contribution >= 4 is 29.6 Å². The molecule has 0 aliphatic rings. The maximum Gasteiger partial charge on any atom is 0.573 e. The molecule has 0 amide bonds. The highest BCUT2D eigenvalue weighted by atomic mass is 19.4. The molecule has 1 unspecified atom stereocenters. The average Bonchev–Trinajstić information content (AvgIpc) is 2.59. The average molecular weight is 383 g/mol. The van der Waals surface area contributed by atoms with Gasteiger partial charge in [0.1, 0.15) is 0 Å². The van der Waals surface area contributed by atoms with Crippen molar-refractivity contribution in [2.45, 2.75) is 19.3 Å². The summed E-state index contributed by atoms with van der Waals surface area (Å²) in [6.45, 7) is 1.61. The topological polar surface area (TPSA) is 67.9 Å². The SMILES string of the molecule is CC(c1cccc(OC(F)(F)F)c1F)N(C)c1ccc(N)cc1N=CC=O. The van der Waals surface area contributed by atoms with Crippen LogP contribution in [0.15, 0.2) is 41.4 Å². The highest BCUT2D eigenvalue weighted by Crippen LogP contribution is 2.37. The second kappa shape index (κ2) is 8.07. The van der Waals surface area contributed by atoms with Crippen LogP contribution in [0, 0.1) is 5.82 Å². The number of ether oxygens (including phenoxy) is 1. The lowest BCUT2D eigenvalue weighted by molar-refractivity contribution is -0.275. The molecule has 0 fully saturated rings. The molecule has 0 aliphatic carbocycles. The second-order valence-corrected chi connectivity index (χ2v) is 5.66. The van der Waals surface area contributed by atoms with Crippen LogP contribution in [0.1, 0.15) is 18.5 Å². The molecule has 9 heteroatoms. The van der Waals surface area contributed by atoms with Gasteiger partial charge in [0.2, 0.25) is 0 Å². The summed E-state index contributed by atoms with van der Waals surface area (Å²) in [4.78, 5) is 16.1. The summed E-state index contributed by atoms with van der Waals surface area (Å²) in [5.41, 5.74) is 7.01. The van der Waals surface area contributed by atoms with Gasteiger partial charge in [-0.2, -0.15) is 0 Å². The van der Waals surface area contributed by atoms with Crippen LogP contribution < -0.4 is 15.4 Å². The largest absolute Gasteiger partial charge is 0.573 e. The van der Waals surface area contributed by atoms with Crippen molar-refractivity contribution in [2.75, 3.05) is 17.7 Å². The summed E-state index contributed by atoms with van der Waals surface area (Å²) in [7, 11) is 1.62. The lowest BCUT2D eigenvalue weighted by Gasteiger charge is -2.29. The van der Waals surface area contributed by atoms with Crippen LogP contribution in [0.5, 0.6) is 5.75 Å². The number of rotatable bonds is 6. The van der Waals surface area contributed by atoms with E-state index in [-0.39, 0.29) is 5.56 Å². The molecule has 0 saturated carbocycles. The van der Waals surface area contributed by atoms with E-state index in [0.717, 1.165) is 12.3 Å². The molecule has 2 aromatic rings. The molecule has 2 N–H and O–H groups in total. The smallest absolute Gasteiger partial charge is 0.403 e. The zero-order chi connectivity index (χ0) is 20.2. The van der Waals surface area contributed by atoms with E-state index in [1.54, 1.807) is 31.0 Å². The van der Waals surface area contributed by atoms with Crippen LogP contribution in [-0.4, -0.2) is 25.9 Å².